The van der Waals surface area contributed by atoms with Gasteiger partial charge >= 0.3 is 0 Å². The van der Waals surface area contributed by atoms with Crippen LogP contribution in [0.15, 0.2) is 24.7 Å². The van der Waals surface area contributed by atoms with E-state index in [0.717, 1.165) is 0 Å². The summed E-state index contributed by atoms with van der Waals surface area (Å²) in [6.45, 7) is 8.24. The molecule has 5 unspecified atom stereocenters. The second-order valence-corrected chi connectivity index (χ2v) is 4.88. The van der Waals surface area contributed by atoms with Crippen molar-refractivity contribution in [2.24, 2.45) is 0 Å². The molecule has 6 nitrogen and oxygen atoms in total. The van der Waals surface area contributed by atoms with Crippen LogP contribution in [0, 0.1) is 0 Å². The van der Waals surface area contributed by atoms with Crippen molar-refractivity contribution in [3.63, 3.8) is 0 Å². The number of hydrogen-bond acceptors (Lipinski definition) is 6. The smallest absolute Gasteiger partial charge is 0.231 e. The van der Waals surface area contributed by atoms with E-state index in [1.165, 1.54) is 0 Å². The Morgan fingerprint density at radius 1 is 0.944 bits per heavy atom. The summed E-state index contributed by atoms with van der Waals surface area (Å²) in [5, 5.41) is 0. The van der Waals surface area contributed by atoms with Crippen LogP contribution < -0.4 is 0 Å². The van der Waals surface area contributed by atoms with Gasteiger partial charge in [0.25, 0.3) is 0 Å². The molecule has 4 heterocycles. The third-order valence-corrected chi connectivity index (χ3v) is 3.47. The van der Waals surface area contributed by atoms with E-state index >= 15 is 0 Å². The van der Waals surface area contributed by atoms with Crippen molar-refractivity contribution in [1.82, 2.24) is 0 Å². The van der Waals surface area contributed by atoms with Crippen LogP contribution in [0.5, 0.6) is 0 Å². The zero-order valence-corrected chi connectivity index (χ0v) is 9.79. The van der Waals surface area contributed by atoms with E-state index in [1.807, 2.05) is 0 Å². The number of hydrogen-bond donors (Lipinski definition) is 0. The molecule has 0 aromatic carbocycles. The Morgan fingerprint density at radius 2 is 1.56 bits per heavy atom. The van der Waals surface area contributed by atoms with Gasteiger partial charge in [0.1, 0.15) is 30.8 Å². The molecule has 4 aliphatic heterocycles. The van der Waals surface area contributed by atoms with Gasteiger partial charge in [0.15, 0.2) is 6.10 Å². The first-order chi connectivity index (χ1) is 8.66. The average Bonchev–Trinajstić information content (AvgIpc) is 2.65. The van der Waals surface area contributed by atoms with E-state index in [-0.39, 0.29) is 18.5 Å². The molecule has 0 saturated carbocycles. The van der Waals surface area contributed by atoms with Crippen molar-refractivity contribution in [3.05, 3.63) is 24.7 Å². The zero-order chi connectivity index (χ0) is 12.3. The van der Waals surface area contributed by atoms with Crippen LogP contribution in [0.1, 0.15) is 6.42 Å². The van der Waals surface area contributed by atoms with Crippen molar-refractivity contribution in [3.8, 4) is 0 Å². The molecule has 4 saturated heterocycles. The topological polar surface area (TPSA) is 58.7 Å². The summed E-state index contributed by atoms with van der Waals surface area (Å²) in [6.07, 6.45) is -0.352. The summed E-state index contributed by atoms with van der Waals surface area (Å²) in [5.41, 5.74) is 0. The summed E-state index contributed by atoms with van der Waals surface area (Å²) in [4.78, 5) is 0. The van der Waals surface area contributed by atoms with Gasteiger partial charge in [-0.05, 0) is 0 Å². The van der Waals surface area contributed by atoms with Crippen LogP contribution in [0.3, 0.4) is 0 Å². The highest BCUT2D eigenvalue weighted by atomic mass is 16.9. The lowest BCUT2D eigenvalue weighted by Crippen LogP contribution is -2.50. The Morgan fingerprint density at radius 3 is 2.11 bits per heavy atom. The highest BCUT2D eigenvalue weighted by Gasteiger charge is 2.72. The number of rotatable bonds is 2. The fourth-order valence-corrected chi connectivity index (χ4v) is 2.53. The van der Waals surface area contributed by atoms with Crippen LogP contribution in [-0.4, -0.2) is 43.8 Å². The largest absolute Gasteiger partial charge is 0.465 e. The molecule has 4 aliphatic rings. The summed E-state index contributed by atoms with van der Waals surface area (Å²) in [7, 11) is 0. The SMILES string of the molecule is C=C1COC(C2CC3(O2)OC3C2OCC(=C)O2)O1. The number of ether oxygens (including phenoxy) is 6. The Balaban J connectivity index is 1.32. The first-order valence-corrected chi connectivity index (χ1v) is 5.94. The predicted molar refractivity (Wildman–Crippen MR) is 57.0 cm³/mol. The third kappa shape index (κ3) is 1.50. The van der Waals surface area contributed by atoms with E-state index in [4.69, 9.17) is 28.4 Å². The Labute approximate surface area is 104 Å². The normalized spacial score (nSPS) is 50.0. The van der Waals surface area contributed by atoms with Crippen LogP contribution in [0.25, 0.3) is 0 Å². The molecule has 6 heteroatoms. The fourth-order valence-electron chi connectivity index (χ4n) is 2.53. The van der Waals surface area contributed by atoms with Gasteiger partial charge in [-0.25, -0.2) is 0 Å². The van der Waals surface area contributed by atoms with Crippen LogP contribution in [0.2, 0.25) is 0 Å². The van der Waals surface area contributed by atoms with Gasteiger partial charge in [0, 0.05) is 6.42 Å². The van der Waals surface area contributed by atoms with Gasteiger partial charge in [0.05, 0.1) is 0 Å². The summed E-state index contributed by atoms with van der Waals surface area (Å²) < 4.78 is 32.8. The summed E-state index contributed by atoms with van der Waals surface area (Å²) in [6, 6.07) is 0. The first-order valence-electron chi connectivity index (χ1n) is 5.94. The van der Waals surface area contributed by atoms with Crippen molar-refractivity contribution < 1.29 is 28.4 Å². The van der Waals surface area contributed by atoms with Gasteiger partial charge in [-0.1, -0.05) is 13.2 Å². The quantitative estimate of drug-likeness (QED) is 0.674. The van der Waals surface area contributed by atoms with Gasteiger partial charge in [-0.2, -0.15) is 0 Å². The average molecular weight is 254 g/mol. The summed E-state index contributed by atoms with van der Waals surface area (Å²) in [5.74, 6) is 0.688. The minimum Gasteiger partial charge on any atom is -0.465 e. The second-order valence-electron chi connectivity index (χ2n) is 4.88. The Hall–Kier alpha value is -1.08. The predicted octanol–water partition coefficient (Wildman–Crippen LogP) is 0.644. The maximum atomic E-state index is 5.73. The van der Waals surface area contributed by atoms with E-state index < -0.39 is 12.1 Å². The molecule has 18 heavy (non-hydrogen) atoms. The van der Waals surface area contributed by atoms with Crippen LogP contribution in [0.4, 0.5) is 0 Å². The molecule has 4 fully saturated rings. The molecule has 5 atom stereocenters. The highest BCUT2D eigenvalue weighted by Crippen LogP contribution is 2.55. The zero-order valence-electron chi connectivity index (χ0n) is 9.79. The molecular weight excluding hydrogens is 240 g/mol. The standard InChI is InChI=1S/C12H14O6/c1-6-4-13-10(15-6)8-3-12(17-8)9(18-12)11-14-5-7(2)16-11/h8-11H,1-5H2. The molecule has 0 aromatic heterocycles. The van der Waals surface area contributed by atoms with Crippen molar-refractivity contribution in [1.29, 1.82) is 0 Å². The molecule has 0 aliphatic carbocycles. The van der Waals surface area contributed by atoms with E-state index in [9.17, 15) is 0 Å². The lowest BCUT2D eigenvalue weighted by molar-refractivity contribution is -0.269. The molecule has 0 bridgehead atoms. The Kier molecular flexibility index (Phi) is 2.09. The van der Waals surface area contributed by atoms with Gasteiger partial charge < -0.3 is 28.4 Å². The molecule has 0 radical (unpaired) electrons. The van der Waals surface area contributed by atoms with Crippen molar-refractivity contribution in [2.75, 3.05) is 13.2 Å². The van der Waals surface area contributed by atoms with Crippen molar-refractivity contribution in [2.45, 2.75) is 37.0 Å². The fraction of sp³-hybridized carbons (Fsp3) is 0.667. The van der Waals surface area contributed by atoms with Gasteiger partial charge in [-0.15, -0.1) is 0 Å². The van der Waals surface area contributed by atoms with Crippen molar-refractivity contribution >= 4 is 0 Å². The van der Waals surface area contributed by atoms with Crippen LogP contribution >= 0.6 is 0 Å². The number of epoxide rings is 1. The first kappa shape index (κ1) is 10.8. The minimum absolute atomic E-state index is 0.112. The maximum absolute atomic E-state index is 5.73. The van der Waals surface area contributed by atoms with E-state index in [0.29, 0.717) is 31.2 Å². The monoisotopic (exact) mass is 254 g/mol. The van der Waals surface area contributed by atoms with Gasteiger partial charge in [0.2, 0.25) is 18.4 Å². The van der Waals surface area contributed by atoms with E-state index in [1.54, 1.807) is 0 Å². The molecule has 4 rings (SSSR count). The lowest BCUT2D eigenvalue weighted by atomic mass is 10.0. The maximum Gasteiger partial charge on any atom is 0.231 e. The minimum atomic E-state index is -0.573. The van der Waals surface area contributed by atoms with E-state index in [2.05, 4.69) is 13.2 Å². The third-order valence-electron chi connectivity index (χ3n) is 3.47. The summed E-state index contributed by atoms with van der Waals surface area (Å²) >= 11 is 0. The van der Waals surface area contributed by atoms with Crippen LogP contribution in [-0.2, 0) is 28.4 Å². The molecule has 98 valence electrons. The van der Waals surface area contributed by atoms with Gasteiger partial charge in [-0.3, -0.25) is 0 Å². The highest BCUT2D eigenvalue weighted by molar-refractivity contribution is 5.09. The molecular formula is C12H14O6. The second kappa shape index (κ2) is 3.48. The Bertz CT molecular complexity index is 413. The molecule has 1 spiro atoms. The lowest BCUT2D eigenvalue weighted by Gasteiger charge is -2.36. The molecule has 0 aromatic rings. The molecule has 0 N–H and O–H groups in total. The molecule has 0 amide bonds.